The first-order chi connectivity index (χ1) is 18.0. The van der Waals surface area contributed by atoms with Gasteiger partial charge in [0.2, 0.25) is 0 Å². The van der Waals surface area contributed by atoms with Crippen LogP contribution in [0.2, 0.25) is 5.02 Å². The largest absolute Gasteiger partial charge is 0.396 e. The van der Waals surface area contributed by atoms with Crippen LogP contribution < -0.4 is 10.6 Å². The SMILES string of the molecule is O=C(c1cc(Cl)ccc1CCCNCCCO)N(CC12CC3CC(CC(C3)C1)C2)S(=O)C1CCNCC1. The Morgan fingerprint density at radius 2 is 1.73 bits per heavy atom. The summed E-state index contributed by atoms with van der Waals surface area (Å²) in [4.78, 5) is 14.3. The number of benzene rings is 1. The van der Waals surface area contributed by atoms with E-state index in [2.05, 4.69) is 10.6 Å². The maximum absolute atomic E-state index is 14.3. The molecule has 0 aromatic heterocycles. The molecule has 0 radical (unpaired) electrons. The highest BCUT2D eigenvalue weighted by Crippen LogP contribution is 2.60. The van der Waals surface area contributed by atoms with E-state index in [1.165, 1.54) is 38.5 Å². The molecule has 37 heavy (non-hydrogen) atoms. The van der Waals surface area contributed by atoms with E-state index < -0.39 is 11.0 Å². The Hall–Kier alpha value is -0.990. The minimum Gasteiger partial charge on any atom is -0.396 e. The molecule has 1 heterocycles. The zero-order valence-electron chi connectivity index (χ0n) is 22.1. The highest BCUT2D eigenvalue weighted by molar-refractivity contribution is 7.83. The van der Waals surface area contributed by atoms with Gasteiger partial charge in [-0.15, -0.1) is 0 Å². The van der Waals surface area contributed by atoms with E-state index in [-0.39, 0.29) is 23.2 Å². The Bertz CT molecular complexity index is 932. The topological polar surface area (TPSA) is 81.7 Å². The van der Waals surface area contributed by atoms with Crippen LogP contribution in [0.1, 0.15) is 80.1 Å². The maximum Gasteiger partial charge on any atom is 0.265 e. The Morgan fingerprint density at radius 3 is 2.38 bits per heavy atom. The Labute approximate surface area is 229 Å². The second kappa shape index (κ2) is 12.5. The van der Waals surface area contributed by atoms with Gasteiger partial charge >= 0.3 is 0 Å². The third-order valence-corrected chi connectivity index (χ3v) is 11.3. The van der Waals surface area contributed by atoms with Gasteiger partial charge in [0, 0.05) is 23.7 Å². The third-order valence-electron chi connectivity index (χ3n) is 9.27. The average Bonchev–Trinajstić information content (AvgIpc) is 2.89. The molecule has 6 nitrogen and oxygen atoms in total. The van der Waals surface area contributed by atoms with Crippen LogP contribution >= 0.6 is 11.6 Å². The van der Waals surface area contributed by atoms with Crippen molar-refractivity contribution in [3.8, 4) is 0 Å². The van der Waals surface area contributed by atoms with E-state index in [4.69, 9.17) is 16.7 Å². The molecule has 5 aliphatic rings. The first kappa shape index (κ1) is 27.6. The van der Waals surface area contributed by atoms with Crippen LogP contribution in [0.15, 0.2) is 18.2 Å². The smallest absolute Gasteiger partial charge is 0.265 e. The van der Waals surface area contributed by atoms with Gasteiger partial charge in [0.25, 0.3) is 5.91 Å². The molecule has 1 saturated heterocycles. The van der Waals surface area contributed by atoms with Gasteiger partial charge in [-0.3, -0.25) is 9.10 Å². The van der Waals surface area contributed by atoms with Crippen molar-refractivity contribution in [2.75, 3.05) is 39.3 Å². The van der Waals surface area contributed by atoms with Gasteiger partial charge in [-0.05, 0) is 138 Å². The van der Waals surface area contributed by atoms with E-state index in [9.17, 15) is 9.00 Å². The van der Waals surface area contributed by atoms with Gasteiger partial charge in [-0.1, -0.05) is 17.7 Å². The molecule has 5 fully saturated rings. The van der Waals surface area contributed by atoms with Crippen LogP contribution in [0.4, 0.5) is 0 Å². The van der Waals surface area contributed by atoms with Crippen LogP contribution in [0.3, 0.4) is 0 Å². The van der Waals surface area contributed by atoms with Crippen molar-refractivity contribution in [2.24, 2.45) is 23.2 Å². The molecule has 0 spiro atoms. The fourth-order valence-electron chi connectivity index (χ4n) is 8.02. The summed E-state index contributed by atoms with van der Waals surface area (Å²) < 4.78 is 15.9. The highest BCUT2D eigenvalue weighted by atomic mass is 35.5. The van der Waals surface area contributed by atoms with Crippen molar-refractivity contribution < 1.29 is 14.1 Å². The normalized spacial score (nSPS) is 29.9. The fraction of sp³-hybridized carbons (Fsp3) is 0.759. The molecule has 4 aliphatic carbocycles. The number of rotatable bonds is 12. The Kier molecular flexibility index (Phi) is 9.28. The molecular formula is C29H44ClN3O3S. The molecule has 4 saturated carbocycles. The van der Waals surface area contributed by atoms with E-state index in [1.807, 2.05) is 12.1 Å². The summed E-state index contributed by atoms with van der Waals surface area (Å²) in [5, 5.41) is 16.3. The monoisotopic (exact) mass is 549 g/mol. The van der Waals surface area contributed by atoms with Gasteiger partial charge in [-0.25, -0.2) is 4.21 Å². The lowest BCUT2D eigenvalue weighted by Gasteiger charge is -2.57. The molecular weight excluding hydrogens is 506 g/mol. The quantitative estimate of drug-likeness (QED) is 0.338. The van der Waals surface area contributed by atoms with Gasteiger partial charge in [0.15, 0.2) is 0 Å². The number of hydrogen-bond acceptors (Lipinski definition) is 5. The van der Waals surface area contributed by atoms with Crippen molar-refractivity contribution in [1.82, 2.24) is 14.9 Å². The van der Waals surface area contributed by atoms with Crippen molar-refractivity contribution >= 4 is 28.5 Å². The van der Waals surface area contributed by atoms with Crippen LogP contribution in [0.5, 0.6) is 0 Å². The minimum absolute atomic E-state index is 0.0254. The number of piperidine rings is 1. The highest BCUT2D eigenvalue weighted by Gasteiger charge is 2.52. The molecule has 1 amide bonds. The number of carbonyl (C=O) groups is 1. The summed E-state index contributed by atoms with van der Waals surface area (Å²) in [5.74, 6) is 2.26. The minimum atomic E-state index is -1.35. The fourth-order valence-corrected chi connectivity index (χ4v) is 9.85. The first-order valence-corrected chi connectivity index (χ1v) is 16.0. The predicted molar refractivity (Wildman–Crippen MR) is 150 cm³/mol. The first-order valence-electron chi connectivity index (χ1n) is 14.5. The summed E-state index contributed by atoms with van der Waals surface area (Å²) in [5.41, 5.74) is 1.73. The molecule has 6 rings (SSSR count). The van der Waals surface area contributed by atoms with Gasteiger partial charge in [0.05, 0.1) is 5.25 Å². The predicted octanol–water partition coefficient (Wildman–Crippen LogP) is 4.32. The molecule has 4 bridgehead atoms. The molecule has 8 heteroatoms. The number of aryl methyl sites for hydroxylation is 1. The average molecular weight is 550 g/mol. The second-order valence-corrected chi connectivity index (χ2v) is 14.3. The maximum atomic E-state index is 14.3. The van der Waals surface area contributed by atoms with E-state index in [1.54, 1.807) is 10.4 Å². The lowest BCUT2D eigenvalue weighted by atomic mass is 9.49. The standard InChI is InChI=1S/C29H44ClN3O3S/c30-25-5-4-24(3-1-8-31-9-2-12-34)27(16-25)28(35)33(37(36)26-6-10-32-11-7-26)20-29-17-21-13-22(18-29)15-23(14-21)19-29/h4-5,16,21-23,26,31-32,34H,1-3,6-15,17-20H2. The van der Waals surface area contributed by atoms with Crippen molar-refractivity contribution in [3.05, 3.63) is 34.3 Å². The number of aliphatic hydroxyl groups is 1. The number of carbonyl (C=O) groups excluding carboxylic acids is 1. The van der Waals surface area contributed by atoms with Crippen molar-refractivity contribution in [2.45, 2.75) is 75.9 Å². The van der Waals surface area contributed by atoms with Crippen LogP contribution in [0, 0.1) is 23.2 Å². The zero-order chi connectivity index (χ0) is 25.8. The summed E-state index contributed by atoms with van der Waals surface area (Å²) in [7, 11) is -1.35. The Morgan fingerprint density at radius 1 is 1.08 bits per heavy atom. The number of aliphatic hydroxyl groups excluding tert-OH is 1. The van der Waals surface area contributed by atoms with E-state index >= 15 is 0 Å². The second-order valence-electron chi connectivity index (χ2n) is 12.2. The number of nitrogens with one attached hydrogen (secondary N) is 2. The van der Waals surface area contributed by atoms with Crippen LogP contribution in [0.25, 0.3) is 0 Å². The lowest BCUT2D eigenvalue weighted by molar-refractivity contribution is -0.0577. The molecule has 1 unspecified atom stereocenters. The van der Waals surface area contributed by atoms with Crippen LogP contribution in [-0.4, -0.2) is 64.1 Å². The number of hydrogen-bond donors (Lipinski definition) is 3. The van der Waals surface area contributed by atoms with Crippen LogP contribution in [-0.2, 0) is 17.4 Å². The number of amides is 1. The molecule has 1 aromatic carbocycles. The summed E-state index contributed by atoms with van der Waals surface area (Å²) in [6.07, 6.45) is 11.7. The van der Waals surface area contributed by atoms with Gasteiger partial charge in [0.1, 0.15) is 11.0 Å². The summed E-state index contributed by atoms with van der Waals surface area (Å²) in [6, 6.07) is 5.63. The molecule has 3 N–H and O–H groups in total. The third kappa shape index (κ3) is 6.60. The van der Waals surface area contributed by atoms with Crippen molar-refractivity contribution in [3.63, 3.8) is 0 Å². The summed E-state index contributed by atoms with van der Waals surface area (Å²) >= 11 is 6.42. The van der Waals surface area contributed by atoms with E-state index in [0.29, 0.717) is 17.1 Å². The Balaban J connectivity index is 1.37. The molecule has 1 atom stereocenters. The van der Waals surface area contributed by atoms with Crippen molar-refractivity contribution in [1.29, 1.82) is 0 Å². The van der Waals surface area contributed by atoms with Gasteiger partial charge in [-0.2, -0.15) is 0 Å². The zero-order valence-corrected chi connectivity index (χ0v) is 23.6. The number of halogens is 1. The lowest BCUT2D eigenvalue weighted by Crippen LogP contribution is -2.54. The summed E-state index contributed by atoms with van der Waals surface area (Å²) in [6.45, 7) is 4.16. The molecule has 1 aliphatic heterocycles. The molecule has 206 valence electrons. The molecule has 1 aromatic rings. The number of nitrogens with zero attached hydrogens (tertiary/aromatic N) is 1. The van der Waals surface area contributed by atoms with E-state index in [0.717, 1.165) is 81.6 Å². The van der Waals surface area contributed by atoms with Gasteiger partial charge < -0.3 is 15.7 Å².